The Morgan fingerprint density at radius 1 is 1.38 bits per heavy atom. The van der Waals surface area contributed by atoms with Crippen LogP contribution in [0.1, 0.15) is 58.3 Å². The fourth-order valence-electron chi connectivity index (χ4n) is 2.37. The number of esters is 1. The van der Waals surface area contributed by atoms with Gasteiger partial charge in [0.15, 0.2) is 5.11 Å². The summed E-state index contributed by atoms with van der Waals surface area (Å²) in [4.78, 5) is 10.9. The lowest BCUT2D eigenvalue weighted by molar-refractivity contribution is -0.140. The highest BCUT2D eigenvalue weighted by molar-refractivity contribution is 7.80. The van der Waals surface area contributed by atoms with Gasteiger partial charge in [-0.3, -0.25) is 10.2 Å². The zero-order chi connectivity index (χ0) is 15.5. The Hall–Kier alpha value is -1.17. The predicted molar refractivity (Wildman–Crippen MR) is 89.3 cm³/mol. The fraction of sp³-hybridized carbons (Fsp3) is 0.800. The molecule has 1 saturated carbocycles. The van der Waals surface area contributed by atoms with E-state index in [1.165, 1.54) is 32.1 Å². The number of hydrogen-bond acceptors (Lipinski definition) is 4. The van der Waals surface area contributed by atoms with E-state index in [0.717, 1.165) is 32.2 Å². The highest BCUT2D eigenvalue weighted by atomic mass is 32.1. The summed E-state index contributed by atoms with van der Waals surface area (Å²) >= 11 is 5.20. The number of methoxy groups -OCH3 is 1. The van der Waals surface area contributed by atoms with E-state index in [1.807, 2.05) is 0 Å². The Morgan fingerprint density at radius 2 is 2.19 bits per heavy atom. The molecule has 1 fully saturated rings. The van der Waals surface area contributed by atoms with Gasteiger partial charge in [-0.25, -0.2) is 0 Å². The van der Waals surface area contributed by atoms with Crippen LogP contribution in [0.2, 0.25) is 0 Å². The van der Waals surface area contributed by atoms with Gasteiger partial charge in [-0.2, -0.15) is 5.10 Å². The van der Waals surface area contributed by atoms with Crippen LogP contribution in [0.15, 0.2) is 5.10 Å². The maximum Gasteiger partial charge on any atom is 0.305 e. The summed E-state index contributed by atoms with van der Waals surface area (Å²) in [6, 6.07) is 0. The molecule has 0 aromatic carbocycles. The van der Waals surface area contributed by atoms with Gasteiger partial charge < -0.3 is 10.1 Å². The number of carbonyl (C=O) groups excluding carboxylic acids is 1. The number of nitrogens with one attached hydrogen (secondary N) is 2. The molecule has 120 valence electrons. The summed E-state index contributed by atoms with van der Waals surface area (Å²) in [6.45, 7) is 3.02. The molecule has 0 saturated heterocycles. The van der Waals surface area contributed by atoms with Gasteiger partial charge in [-0.1, -0.05) is 19.8 Å². The fourth-order valence-corrected chi connectivity index (χ4v) is 2.52. The molecule has 21 heavy (non-hydrogen) atoms. The molecule has 2 N–H and O–H groups in total. The van der Waals surface area contributed by atoms with Crippen molar-refractivity contribution in [1.29, 1.82) is 0 Å². The topological polar surface area (TPSA) is 62.7 Å². The summed E-state index contributed by atoms with van der Waals surface area (Å²) in [5.74, 6) is 0.421. The zero-order valence-corrected chi connectivity index (χ0v) is 13.9. The van der Waals surface area contributed by atoms with E-state index < -0.39 is 0 Å². The average Bonchev–Trinajstić information content (AvgIpc) is 2.49. The molecule has 0 amide bonds. The maximum atomic E-state index is 10.9. The van der Waals surface area contributed by atoms with Gasteiger partial charge in [0.2, 0.25) is 0 Å². The number of rotatable bonds is 7. The van der Waals surface area contributed by atoms with E-state index in [0.29, 0.717) is 17.5 Å². The first kappa shape index (κ1) is 17.9. The van der Waals surface area contributed by atoms with Gasteiger partial charge in [0.05, 0.1) is 7.11 Å². The normalized spacial score (nSPS) is 20.1. The first-order chi connectivity index (χ1) is 10.1. The summed E-state index contributed by atoms with van der Waals surface area (Å²) in [7, 11) is 1.42. The minimum absolute atomic E-state index is 0.141. The van der Waals surface area contributed by atoms with Gasteiger partial charge in [0.25, 0.3) is 0 Å². The third-order valence-corrected chi connectivity index (χ3v) is 4.00. The lowest BCUT2D eigenvalue weighted by atomic mass is 9.89. The van der Waals surface area contributed by atoms with Gasteiger partial charge in [0, 0.05) is 18.7 Å². The Kier molecular flexibility index (Phi) is 8.98. The number of unbranched alkanes of at least 4 members (excludes halogenated alkanes) is 2. The summed E-state index contributed by atoms with van der Waals surface area (Å²) < 4.78 is 4.59. The van der Waals surface area contributed by atoms with Crippen molar-refractivity contribution in [3.8, 4) is 0 Å². The third-order valence-electron chi connectivity index (χ3n) is 3.76. The highest BCUT2D eigenvalue weighted by Gasteiger charge is 2.15. The smallest absolute Gasteiger partial charge is 0.305 e. The Labute approximate surface area is 132 Å². The number of carbonyl (C=O) groups is 1. The number of ether oxygens (including phenoxy) is 1. The van der Waals surface area contributed by atoms with Crippen LogP contribution in [0.25, 0.3) is 0 Å². The lowest BCUT2D eigenvalue weighted by Gasteiger charge is -2.20. The lowest BCUT2D eigenvalue weighted by Crippen LogP contribution is -2.34. The predicted octanol–water partition coefficient (Wildman–Crippen LogP) is 2.75. The second-order valence-electron chi connectivity index (χ2n) is 5.50. The molecular formula is C15H27N3O2S. The van der Waals surface area contributed by atoms with E-state index in [2.05, 4.69) is 27.5 Å². The molecular weight excluding hydrogens is 286 g/mol. The molecule has 0 bridgehead atoms. The molecule has 1 atom stereocenters. The van der Waals surface area contributed by atoms with Gasteiger partial charge >= 0.3 is 5.97 Å². The molecule has 0 radical (unpaired) electrons. The van der Waals surface area contributed by atoms with Crippen LogP contribution in [0.4, 0.5) is 0 Å². The van der Waals surface area contributed by atoms with Crippen LogP contribution in [-0.4, -0.2) is 30.4 Å². The number of nitrogens with zero attached hydrogens (tertiary/aromatic N) is 1. The van der Waals surface area contributed by atoms with Gasteiger partial charge in [-0.15, -0.1) is 0 Å². The van der Waals surface area contributed by atoms with E-state index in [1.54, 1.807) is 0 Å². The maximum absolute atomic E-state index is 10.9. The number of hydrogen-bond donors (Lipinski definition) is 2. The molecule has 0 heterocycles. The zero-order valence-electron chi connectivity index (χ0n) is 13.1. The minimum atomic E-state index is -0.141. The molecule has 6 heteroatoms. The average molecular weight is 313 g/mol. The van der Waals surface area contributed by atoms with Crippen LogP contribution in [0.5, 0.6) is 0 Å². The first-order valence-electron chi connectivity index (χ1n) is 7.80. The SMILES string of the molecule is COC(=O)CCCCCNC(=S)N/N=C1/CCCC[C@H]1C. The van der Waals surface area contributed by atoms with Crippen molar-refractivity contribution in [2.75, 3.05) is 13.7 Å². The van der Waals surface area contributed by atoms with Crippen LogP contribution in [0, 0.1) is 5.92 Å². The highest BCUT2D eigenvalue weighted by Crippen LogP contribution is 2.20. The molecule has 1 aliphatic carbocycles. The van der Waals surface area contributed by atoms with E-state index in [9.17, 15) is 4.79 Å². The van der Waals surface area contributed by atoms with Crippen molar-refractivity contribution < 1.29 is 9.53 Å². The van der Waals surface area contributed by atoms with Crippen LogP contribution >= 0.6 is 12.2 Å². The van der Waals surface area contributed by atoms with Crippen molar-refractivity contribution >= 4 is 29.0 Å². The largest absolute Gasteiger partial charge is 0.469 e. The molecule has 1 rings (SSSR count). The van der Waals surface area contributed by atoms with Gasteiger partial charge in [0.1, 0.15) is 0 Å². The van der Waals surface area contributed by atoms with Crippen molar-refractivity contribution in [1.82, 2.24) is 10.7 Å². The second-order valence-corrected chi connectivity index (χ2v) is 5.91. The summed E-state index contributed by atoms with van der Waals surface area (Å²) in [5, 5.41) is 8.13. The molecule has 0 aromatic rings. The molecule has 1 aliphatic rings. The third kappa shape index (κ3) is 7.99. The molecule has 5 nitrogen and oxygen atoms in total. The number of hydrazone groups is 1. The second kappa shape index (κ2) is 10.5. The van der Waals surface area contributed by atoms with Crippen molar-refractivity contribution in [2.24, 2.45) is 11.0 Å². The Bertz CT molecular complexity index is 372. The number of thiocarbonyl (C=S) groups is 1. The van der Waals surface area contributed by atoms with Crippen LogP contribution in [-0.2, 0) is 9.53 Å². The van der Waals surface area contributed by atoms with Crippen LogP contribution in [0.3, 0.4) is 0 Å². The van der Waals surface area contributed by atoms with Crippen molar-refractivity contribution in [3.05, 3.63) is 0 Å². The molecule has 0 spiro atoms. The Morgan fingerprint density at radius 3 is 2.90 bits per heavy atom. The van der Waals surface area contributed by atoms with Crippen LogP contribution < -0.4 is 10.7 Å². The molecule has 0 unspecified atom stereocenters. The van der Waals surface area contributed by atoms with Crippen molar-refractivity contribution in [2.45, 2.75) is 58.3 Å². The molecule has 0 aromatic heterocycles. The monoisotopic (exact) mass is 313 g/mol. The Balaban J connectivity index is 2.06. The standard InChI is InChI=1S/C15H27N3O2S/c1-12-8-5-6-9-13(12)17-18-15(21)16-11-7-3-4-10-14(19)20-2/h12H,3-11H2,1-2H3,(H2,16,18,21)/b17-13-/t12-/m1/s1. The minimum Gasteiger partial charge on any atom is -0.469 e. The summed E-state index contributed by atoms with van der Waals surface area (Å²) in [6.07, 6.45) is 8.13. The molecule has 0 aliphatic heterocycles. The quantitative estimate of drug-likeness (QED) is 0.327. The summed E-state index contributed by atoms with van der Waals surface area (Å²) in [5.41, 5.74) is 4.16. The van der Waals surface area contributed by atoms with Crippen molar-refractivity contribution in [3.63, 3.8) is 0 Å². The van der Waals surface area contributed by atoms with Gasteiger partial charge in [-0.05, 0) is 50.2 Å². The first-order valence-corrected chi connectivity index (χ1v) is 8.21. The van der Waals surface area contributed by atoms with E-state index in [-0.39, 0.29) is 5.97 Å². The van der Waals surface area contributed by atoms with E-state index in [4.69, 9.17) is 12.2 Å². The van der Waals surface area contributed by atoms with E-state index >= 15 is 0 Å².